The molecule has 6 aliphatic rings. The van der Waals surface area contributed by atoms with Gasteiger partial charge in [0.25, 0.3) is 10.1 Å². The Morgan fingerprint density at radius 1 is 0.637 bits per heavy atom. The minimum Gasteiger partial charge on any atom is -0.508 e. The Balaban J connectivity index is 0.000000227. The number of hydrogen-bond donors (Lipinski definition) is 1. The van der Waals surface area contributed by atoms with E-state index in [4.69, 9.17) is 32.7 Å². The maximum absolute atomic E-state index is 12.5. The van der Waals surface area contributed by atoms with Crippen LogP contribution in [0.5, 0.6) is 11.5 Å². The molecule has 0 bridgehead atoms. The van der Waals surface area contributed by atoms with E-state index < -0.39 is 21.3 Å². The molecule has 4 saturated heterocycles. The Hall–Kier alpha value is -4.74. The van der Waals surface area contributed by atoms with Crippen molar-refractivity contribution in [1.82, 2.24) is 19.6 Å². The van der Waals surface area contributed by atoms with Crippen molar-refractivity contribution in [3.05, 3.63) is 58.7 Å². The van der Waals surface area contributed by atoms with Crippen molar-refractivity contribution in [2.45, 2.75) is 232 Å². The van der Waals surface area contributed by atoms with E-state index in [1.54, 1.807) is 6.07 Å². The summed E-state index contributed by atoms with van der Waals surface area (Å²) in [6.07, 6.45) is 19.5. The average Bonchev–Trinajstić information content (AvgIpc) is 3.98. The smallest absolute Gasteiger partial charge is 0.410 e. The van der Waals surface area contributed by atoms with Gasteiger partial charge in [0.15, 0.2) is 0 Å². The van der Waals surface area contributed by atoms with E-state index in [0.29, 0.717) is 44.1 Å². The zero-order chi connectivity index (χ0) is 58.9. The predicted octanol–water partition coefficient (Wildman–Crippen LogP) is 11.7. The molecular weight excluding hydrogens is 1040 g/mol. The number of nitrogens with zero attached hydrogens (tertiary/aromatic N) is 4. The SMILES string of the molecule is CCC1CCC(Oc2cc(C)cc(CN3CCCC34CCN(C(=O)OC(C)(C)C)CC4)c2)CC1.CCCOC(=O)C1CCC(OS(C)(=O)=O)CC1.Cc1cc(O)cc(CN2CCCC23CCN(C(=O)OC(C)(C)C)CC3)c1.O=C=O. The van der Waals surface area contributed by atoms with Gasteiger partial charge in [-0.05, 0) is 230 Å². The van der Waals surface area contributed by atoms with Crippen molar-refractivity contribution < 1.29 is 60.6 Å². The van der Waals surface area contributed by atoms with Crippen molar-refractivity contribution in [2.24, 2.45) is 11.8 Å². The number of aryl methyl sites for hydroxylation is 2. The number of esters is 1. The molecule has 2 spiro atoms. The van der Waals surface area contributed by atoms with E-state index in [1.807, 2.05) is 71.3 Å². The molecule has 1 N–H and O–H groups in total. The monoisotopic (exact) mass is 1140 g/mol. The van der Waals surface area contributed by atoms with Crippen LogP contribution in [-0.4, -0.2) is 144 Å². The third-order valence-electron chi connectivity index (χ3n) is 16.6. The van der Waals surface area contributed by atoms with Gasteiger partial charge in [0.1, 0.15) is 22.7 Å². The first-order valence-electron chi connectivity index (χ1n) is 29.7. The Kier molecular flexibility index (Phi) is 24.8. The molecule has 0 unspecified atom stereocenters. The van der Waals surface area contributed by atoms with Crippen LogP contribution in [0.25, 0.3) is 0 Å². The zero-order valence-electron chi connectivity index (χ0n) is 50.4. The zero-order valence-corrected chi connectivity index (χ0v) is 51.2. The van der Waals surface area contributed by atoms with Crippen molar-refractivity contribution in [2.75, 3.05) is 52.1 Å². The lowest BCUT2D eigenvalue weighted by Gasteiger charge is -2.45. The quantitative estimate of drug-likeness (QED) is 0.119. The summed E-state index contributed by atoms with van der Waals surface area (Å²) in [6, 6.07) is 12.6. The van der Waals surface area contributed by atoms with Gasteiger partial charge < -0.3 is 33.9 Å². The summed E-state index contributed by atoms with van der Waals surface area (Å²) in [7, 11) is -3.39. The van der Waals surface area contributed by atoms with Gasteiger partial charge in [-0.1, -0.05) is 32.4 Å². The molecule has 6 fully saturated rings. The molecule has 0 atom stereocenters. The lowest BCUT2D eigenvalue weighted by Crippen LogP contribution is -2.53. The van der Waals surface area contributed by atoms with Crippen molar-refractivity contribution in [1.29, 1.82) is 0 Å². The highest BCUT2D eigenvalue weighted by molar-refractivity contribution is 7.86. The molecule has 2 aliphatic carbocycles. The molecule has 2 saturated carbocycles. The van der Waals surface area contributed by atoms with Gasteiger partial charge >= 0.3 is 24.3 Å². The van der Waals surface area contributed by atoms with Gasteiger partial charge in [-0.3, -0.25) is 18.8 Å². The van der Waals surface area contributed by atoms with E-state index in [0.717, 1.165) is 108 Å². The lowest BCUT2D eigenvalue weighted by molar-refractivity contribution is -0.191. The molecular formula is C62H98N4O13S. The van der Waals surface area contributed by atoms with Gasteiger partial charge in [0.05, 0.1) is 31.0 Å². The molecule has 0 aromatic heterocycles. The summed E-state index contributed by atoms with van der Waals surface area (Å²) in [4.78, 5) is 61.7. The third kappa shape index (κ3) is 21.2. The molecule has 18 heteroatoms. The number of hydrogen-bond acceptors (Lipinski definition) is 15. The molecule has 8 rings (SSSR count). The number of rotatable bonds is 12. The van der Waals surface area contributed by atoms with Crippen LogP contribution in [0.15, 0.2) is 36.4 Å². The number of piperidine rings is 2. The summed E-state index contributed by atoms with van der Waals surface area (Å²) < 4.78 is 49.5. The van der Waals surface area contributed by atoms with Crippen molar-refractivity contribution in [3.63, 3.8) is 0 Å². The van der Waals surface area contributed by atoms with Gasteiger partial charge in [-0.25, -0.2) is 9.59 Å². The maximum atomic E-state index is 12.5. The normalized spacial score (nSPS) is 23.0. The van der Waals surface area contributed by atoms with E-state index >= 15 is 0 Å². The first-order chi connectivity index (χ1) is 37.7. The van der Waals surface area contributed by atoms with E-state index in [9.17, 15) is 27.9 Å². The van der Waals surface area contributed by atoms with E-state index in [-0.39, 0.29) is 47.4 Å². The second kappa shape index (κ2) is 30.0. The summed E-state index contributed by atoms with van der Waals surface area (Å²) in [5, 5.41) is 9.88. The molecule has 0 radical (unpaired) electrons. The average molecular weight is 1140 g/mol. The van der Waals surface area contributed by atoms with Crippen molar-refractivity contribution >= 4 is 34.4 Å². The van der Waals surface area contributed by atoms with Crippen LogP contribution in [0.1, 0.15) is 193 Å². The molecule has 4 heterocycles. The highest BCUT2D eigenvalue weighted by atomic mass is 32.2. The number of carbonyl (C=O) groups excluding carboxylic acids is 5. The number of phenols is 1. The molecule has 4 aliphatic heterocycles. The van der Waals surface area contributed by atoms with Crippen LogP contribution in [0.4, 0.5) is 9.59 Å². The molecule has 80 heavy (non-hydrogen) atoms. The van der Waals surface area contributed by atoms with E-state index in [1.165, 1.54) is 74.5 Å². The van der Waals surface area contributed by atoms with Gasteiger partial charge in [-0.15, -0.1) is 0 Å². The fourth-order valence-electron chi connectivity index (χ4n) is 12.6. The van der Waals surface area contributed by atoms with Crippen LogP contribution in [0.2, 0.25) is 0 Å². The summed E-state index contributed by atoms with van der Waals surface area (Å²) in [5.41, 5.74) is 4.40. The molecule has 17 nitrogen and oxygen atoms in total. The fourth-order valence-corrected chi connectivity index (χ4v) is 13.3. The summed E-state index contributed by atoms with van der Waals surface area (Å²) >= 11 is 0. The highest BCUT2D eigenvalue weighted by Crippen LogP contribution is 2.42. The first-order valence-corrected chi connectivity index (χ1v) is 31.5. The number of likely N-dealkylation sites (tertiary alicyclic amines) is 4. The minimum absolute atomic E-state index is 0.0963. The third-order valence-corrected chi connectivity index (χ3v) is 17.2. The van der Waals surface area contributed by atoms with Crippen molar-refractivity contribution in [3.8, 4) is 11.5 Å². The number of benzene rings is 2. The standard InChI is InChI=1S/C29H46N2O3.C21H32N2O3.C11H20O5S.CO2/c1-6-23-8-10-25(11-9-23)33-26-19-22(2)18-24(20-26)21-31-15-7-12-29(31)13-16-30(17-14-29)27(32)34-28(3,4)5;1-16-12-17(14-18(24)13-16)15-23-9-5-6-21(23)7-10-22(11-8-21)19(25)26-20(2,3)4;1-3-8-15-11(12)9-4-6-10(7-5-9)16-17(2,13)14;2-1-3/h18-20,23,25H,6-17,21H2,1-5H3;12-14,24H,5-11,15H2,1-4H3;9-10H,3-8H2,1-2H3;. The second-order valence-electron chi connectivity index (χ2n) is 25.5. The number of carbonyl (C=O) groups is 3. The van der Waals surface area contributed by atoms with Gasteiger partial charge in [0, 0.05) is 50.3 Å². The Bertz CT molecular complexity index is 2410. The van der Waals surface area contributed by atoms with Crippen LogP contribution >= 0.6 is 0 Å². The number of amides is 2. The molecule has 2 aromatic carbocycles. The lowest BCUT2D eigenvalue weighted by atomic mass is 9.84. The minimum atomic E-state index is -3.39. The number of ether oxygens (including phenoxy) is 4. The maximum Gasteiger partial charge on any atom is 0.410 e. The van der Waals surface area contributed by atoms with E-state index in [2.05, 4.69) is 47.9 Å². The fraction of sp³-hybridized carbons (Fsp3) is 0.742. The van der Waals surface area contributed by atoms with Gasteiger partial charge in [-0.2, -0.15) is 18.0 Å². The molecule has 2 aromatic rings. The summed E-state index contributed by atoms with van der Waals surface area (Å²) in [5.74, 6) is 2.02. The van der Waals surface area contributed by atoms with Gasteiger partial charge in [0.2, 0.25) is 0 Å². The number of aromatic hydroxyl groups is 1. The Labute approximate surface area is 479 Å². The van der Waals surface area contributed by atoms with Crippen LogP contribution in [0, 0.1) is 25.7 Å². The summed E-state index contributed by atoms with van der Waals surface area (Å²) in [6.45, 7) is 27.6. The predicted molar refractivity (Wildman–Crippen MR) is 307 cm³/mol. The largest absolute Gasteiger partial charge is 0.508 e. The topological polar surface area (TPSA) is 199 Å². The van der Waals surface area contributed by atoms with Crippen LogP contribution < -0.4 is 4.74 Å². The molecule has 450 valence electrons. The second-order valence-corrected chi connectivity index (χ2v) is 27.1. The first kappa shape index (κ1) is 66.1. The highest BCUT2D eigenvalue weighted by Gasteiger charge is 2.46. The Morgan fingerprint density at radius 2 is 1.09 bits per heavy atom. The van der Waals surface area contributed by atoms with Crippen LogP contribution in [-0.2, 0) is 56.0 Å². The Morgan fingerprint density at radius 3 is 1.51 bits per heavy atom. The molecule has 2 amide bonds. The number of phenolic OH excluding ortho intramolecular Hbond substituents is 1. The van der Waals surface area contributed by atoms with Crippen LogP contribution in [0.3, 0.4) is 0 Å².